The summed E-state index contributed by atoms with van der Waals surface area (Å²) in [5.74, 6) is -1.38. The van der Waals surface area contributed by atoms with Gasteiger partial charge in [0.2, 0.25) is 0 Å². The molecule has 0 aliphatic carbocycles. The van der Waals surface area contributed by atoms with E-state index in [9.17, 15) is 20.1 Å². The standard InChI is InChI=1S/C18H36O7.Al.3H/c19-14-12-10-8-6-4-2-1-3-5-7-9-11-13-15(20)16(21)17(22)18(23)25-24;;;;/h15-17,19-22,24H,1-14H2;;;;. The molecule has 0 aromatic carbocycles. The van der Waals surface area contributed by atoms with Gasteiger partial charge >= 0.3 is 5.97 Å². The van der Waals surface area contributed by atoms with Crippen LogP contribution in [0.3, 0.4) is 0 Å². The lowest BCUT2D eigenvalue weighted by atomic mass is 10.0. The summed E-state index contributed by atoms with van der Waals surface area (Å²) in [6.07, 6.45) is 8.71. The van der Waals surface area contributed by atoms with Crippen molar-refractivity contribution in [1.82, 2.24) is 0 Å². The molecule has 0 saturated heterocycles. The average molecular weight is 394 g/mol. The molecule has 0 aromatic rings. The third kappa shape index (κ3) is 14.9. The van der Waals surface area contributed by atoms with Crippen molar-refractivity contribution < 1.29 is 35.4 Å². The smallest absolute Gasteiger partial charge is 0.373 e. The van der Waals surface area contributed by atoms with Crippen molar-refractivity contribution in [3.05, 3.63) is 0 Å². The number of hydrogen-bond donors (Lipinski definition) is 5. The molecule has 0 fully saturated rings. The van der Waals surface area contributed by atoms with Gasteiger partial charge in [-0.25, -0.2) is 4.79 Å². The maximum absolute atomic E-state index is 10.8. The van der Waals surface area contributed by atoms with Crippen molar-refractivity contribution >= 4 is 23.3 Å². The van der Waals surface area contributed by atoms with Crippen molar-refractivity contribution in [2.45, 2.75) is 102 Å². The maximum atomic E-state index is 10.8. The van der Waals surface area contributed by atoms with Gasteiger partial charge in [-0.05, 0) is 12.8 Å². The minimum absolute atomic E-state index is 0. The van der Waals surface area contributed by atoms with E-state index >= 15 is 0 Å². The second kappa shape index (κ2) is 19.6. The number of rotatable bonds is 17. The van der Waals surface area contributed by atoms with Crippen molar-refractivity contribution in [2.75, 3.05) is 6.61 Å². The fourth-order valence-electron chi connectivity index (χ4n) is 2.81. The Balaban J connectivity index is 0. The van der Waals surface area contributed by atoms with Gasteiger partial charge in [0.25, 0.3) is 0 Å². The lowest BCUT2D eigenvalue weighted by Gasteiger charge is -2.20. The average Bonchev–Trinajstić information content (AvgIpc) is 2.63. The number of carbonyl (C=O) groups excluding carboxylic acids is 1. The van der Waals surface area contributed by atoms with Crippen LogP contribution in [0, 0.1) is 0 Å². The molecule has 0 saturated carbocycles. The molecule has 0 amide bonds. The molecule has 5 N–H and O–H groups in total. The largest absolute Gasteiger partial charge is 0.396 e. The molecule has 0 radical (unpaired) electrons. The molecule has 8 heteroatoms. The Kier molecular flexibility index (Phi) is 21.1. The highest BCUT2D eigenvalue weighted by molar-refractivity contribution is 5.75. The van der Waals surface area contributed by atoms with Gasteiger partial charge in [-0.1, -0.05) is 70.6 Å². The molecular weight excluding hydrogens is 355 g/mol. The Morgan fingerprint density at radius 2 is 1.12 bits per heavy atom. The zero-order valence-electron chi connectivity index (χ0n) is 15.2. The molecule has 7 nitrogen and oxygen atoms in total. The first-order valence-electron chi connectivity index (χ1n) is 9.55. The summed E-state index contributed by atoms with van der Waals surface area (Å²) in [5, 5.41) is 45.4. The van der Waals surface area contributed by atoms with E-state index in [4.69, 9.17) is 10.4 Å². The van der Waals surface area contributed by atoms with E-state index in [-0.39, 0.29) is 23.8 Å². The number of aliphatic hydroxyl groups excluding tert-OH is 4. The second-order valence-corrected chi connectivity index (χ2v) is 6.67. The fourth-order valence-corrected chi connectivity index (χ4v) is 2.81. The van der Waals surface area contributed by atoms with Gasteiger partial charge in [0.05, 0.1) is 6.10 Å². The van der Waals surface area contributed by atoms with Gasteiger partial charge in [-0.15, -0.1) is 0 Å². The first-order chi connectivity index (χ1) is 12.0. The summed E-state index contributed by atoms with van der Waals surface area (Å²) in [7, 11) is 0. The Morgan fingerprint density at radius 1 is 0.731 bits per heavy atom. The first-order valence-corrected chi connectivity index (χ1v) is 9.55. The summed E-state index contributed by atoms with van der Waals surface area (Å²) in [6.45, 7) is 0.297. The first kappa shape index (κ1) is 28.0. The van der Waals surface area contributed by atoms with Crippen molar-refractivity contribution in [2.24, 2.45) is 0 Å². The maximum Gasteiger partial charge on any atom is 0.373 e. The number of hydrogen-bond acceptors (Lipinski definition) is 7. The monoisotopic (exact) mass is 394 g/mol. The van der Waals surface area contributed by atoms with Crippen molar-refractivity contribution in [3.8, 4) is 0 Å². The van der Waals surface area contributed by atoms with Gasteiger partial charge in [-0.3, -0.25) is 4.89 Å². The highest BCUT2D eigenvalue weighted by Gasteiger charge is 2.31. The van der Waals surface area contributed by atoms with E-state index in [1.165, 1.54) is 38.5 Å². The fraction of sp³-hybridized carbons (Fsp3) is 0.944. The molecule has 0 aliphatic rings. The van der Waals surface area contributed by atoms with Gasteiger partial charge < -0.3 is 20.4 Å². The third-order valence-corrected chi connectivity index (χ3v) is 4.46. The Bertz CT molecular complexity index is 318. The van der Waals surface area contributed by atoms with Crippen LogP contribution in [0.4, 0.5) is 0 Å². The van der Waals surface area contributed by atoms with Crippen molar-refractivity contribution in [3.63, 3.8) is 0 Å². The molecule has 0 spiro atoms. The minimum Gasteiger partial charge on any atom is -0.396 e. The summed E-state index contributed by atoms with van der Waals surface area (Å²) < 4.78 is 0. The lowest BCUT2D eigenvalue weighted by molar-refractivity contribution is -0.248. The van der Waals surface area contributed by atoms with Crippen LogP contribution in [0.25, 0.3) is 0 Å². The summed E-state index contributed by atoms with van der Waals surface area (Å²) in [5.41, 5.74) is 0. The molecule has 26 heavy (non-hydrogen) atoms. The second-order valence-electron chi connectivity index (χ2n) is 6.67. The van der Waals surface area contributed by atoms with Crippen LogP contribution < -0.4 is 0 Å². The third-order valence-electron chi connectivity index (χ3n) is 4.46. The van der Waals surface area contributed by atoms with Crippen LogP contribution in [0.15, 0.2) is 0 Å². The van der Waals surface area contributed by atoms with Crippen LogP contribution in [0.2, 0.25) is 0 Å². The molecule has 0 heterocycles. The topological polar surface area (TPSA) is 127 Å². The molecule has 3 atom stereocenters. The molecule has 156 valence electrons. The molecule has 0 aliphatic heterocycles. The number of aliphatic hydroxyl groups is 4. The van der Waals surface area contributed by atoms with Crippen molar-refractivity contribution in [1.29, 1.82) is 0 Å². The quantitative estimate of drug-likeness (QED) is 0.108. The predicted octanol–water partition coefficient (Wildman–Crippen LogP) is 0.965. The van der Waals surface area contributed by atoms with Crippen LogP contribution >= 0.6 is 0 Å². The number of unbranched alkanes of at least 4 members (excludes halogenated alkanes) is 11. The minimum atomic E-state index is -1.94. The lowest BCUT2D eigenvalue weighted by Crippen LogP contribution is -2.42. The molecule has 0 aromatic heterocycles. The van der Waals surface area contributed by atoms with Crippen LogP contribution in [-0.4, -0.2) is 73.9 Å². The van der Waals surface area contributed by atoms with E-state index in [0.717, 1.165) is 32.1 Å². The molecule has 0 bridgehead atoms. The Hall–Kier alpha value is -0.198. The highest BCUT2D eigenvalue weighted by atomic mass is 27.0. The summed E-state index contributed by atoms with van der Waals surface area (Å²) in [4.78, 5) is 14.2. The van der Waals surface area contributed by atoms with E-state index in [1.807, 2.05) is 0 Å². The van der Waals surface area contributed by atoms with Crippen LogP contribution in [-0.2, 0) is 9.68 Å². The van der Waals surface area contributed by atoms with Gasteiger partial charge in [0.1, 0.15) is 6.10 Å². The summed E-state index contributed by atoms with van der Waals surface area (Å²) in [6, 6.07) is 0. The predicted molar refractivity (Wildman–Crippen MR) is 104 cm³/mol. The van der Waals surface area contributed by atoms with E-state index in [2.05, 4.69) is 4.89 Å². The van der Waals surface area contributed by atoms with Crippen LogP contribution in [0.5, 0.6) is 0 Å². The zero-order valence-corrected chi connectivity index (χ0v) is 15.2. The van der Waals surface area contributed by atoms with E-state index < -0.39 is 24.3 Å². The number of carbonyl (C=O) groups is 1. The van der Waals surface area contributed by atoms with E-state index in [1.54, 1.807) is 0 Å². The summed E-state index contributed by atoms with van der Waals surface area (Å²) >= 11 is 0. The van der Waals surface area contributed by atoms with Crippen LogP contribution in [0.1, 0.15) is 83.5 Å². The highest BCUT2D eigenvalue weighted by Crippen LogP contribution is 2.14. The molecule has 0 rings (SSSR count). The Labute approximate surface area is 167 Å². The van der Waals surface area contributed by atoms with Gasteiger partial charge in [-0.2, -0.15) is 5.26 Å². The van der Waals surface area contributed by atoms with E-state index in [0.29, 0.717) is 13.0 Å². The zero-order chi connectivity index (χ0) is 18.9. The SMILES string of the molecule is O=C(OO)C(O)C(O)C(O)CCCCCCCCCCCCCCO.[AlH3]. The molecular formula is C18H39AlO7. The Morgan fingerprint density at radius 3 is 1.50 bits per heavy atom. The van der Waals surface area contributed by atoms with Gasteiger partial charge in [0.15, 0.2) is 23.5 Å². The van der Waals surface area contributed by atoms with Gasteiger partial charge in [0, 0.05) is 6.61 Å². The molecule has 3 unspecified atom stereocenters. The normalized spacial score (nSPS) is 14.3.